The summed E-state index contributed by atoms with van der Waals surface area (Å²) >= 11 is 0. The number of hydrogen-bond acceptors (Lipinski definition) is 5. The Bertz CT molecular complexity index is 837. The maximum Gasteiger partial charge on any atom is 0.251 e. The first-order valence-corrected chi connectivity index (χ1v) is 12.6. The molecule has 0 bridgehead atoms. The molecule has 0 aromatic carbocycles. The number of anilines is 1. The third-order valence-corrected chi connectivity index (χ3v) is 6.89. The van der Waals surface area contributed by atoms with Crippen LogP contribution in [0, 0.1) is 5.92 Å². The van der Waals surface area contributed by atoms with Gasteiger partial charge >= 0.3 is 0 Å². The molecule has 33 heavy (non-hydrogen) atoms. The van der Waals surface area contributed by atoms with Crippen LogP contribution in [0.5, 0.6) is 0 Å². The number of nitrogens with one attached hydrogen (secondary N) is 1. The number of aromatic nitrogens is 2. The van der Waals surface area contributed by atoms with Gasteiger partial charge in [-0.3, -0.25) is 14.3 Å². The van der Waals surface area contributed by atoms with Crippen molar-refractivity contribution >= 4 is 17.6 Å². The van der Waals surface area contributed by atoms with Crippen LogP contribution in [-0.2, 0) is 25.6 Å². The fraction of sp³-hybridized carbons (Fsp3) is 0.720. The van der Waals surface area contributed by atoms with Gasteiger partial charge in [0.25, 0.3) is 5.91 Å². The molecule has 2 fully saturated rings. The first kappa shape index (κ1) is 23.8. The Kier molecular flexibility index (Phi) is 8.06. The number of rotatable bonds is 11. The van der Waals surface area contributed by atoms with E-state index >= 15 is 0 Å². The largest absolute Gasteiger partial charge is 0.493 e. The van der Waals surface area contributed by atoms with Crippen LogP contribution in [0.2, 0.25) is 0 Å². The van der Waals surface area contributed by atoms with Gasteiger partial charge < -0.3 is 19.7 Å². The van der Waals surface area contributed by atoms with Crippen LogP contribution in [0.15, 0.2) is 24.1 Å². The van der Waals surface area contributed by atoms with Crippen molar-refractivity contribution in [2.45, 2.75) is 96.4 Å². The quantitative estimate of drug-likeness (QED) is 0.544. The highest BCUT2D eigenvalue weighted by Gasteiger charge is 2.37. The summed E-state index contributed by atoms with van der Waals surface area (Å²) in [5, 5.41) is 7.41. The molecule has 1 aliphatic heterocycles. The van der Waals surface area contributed by atoms with E-state index in [-0.39, 0.29) is 24.0 Å². The number of nitrogens with zero attached hydrogens (tertiary/aromatic N) is 3. The number of ether oxygens (including phenoxy) is 2. The Hall–Kier alpha value is -2.35. The van der Waals surface area contributed by atoms with Gasteiger partial charge in [0, 0.05) is 18.3 Å². The monoisotopic (exact) mass is 458 g/mol. The number of hydrogen-bond donors (Lipinski definition) is 1. The lowest BCUT2D eigenvalue weighted by Gasteiger charge is -2.29. The fourth-order valence-corrected chi connectivity index (χ4v) is 5.15. The van der Waals surface area contributed by atoms with E-state index in [1.165, 1.54) is 25.7 Å². The van der Waals surface area contributed by atoms with Gasteiger partial charge in [-0.15, -0.1) is 0 Å². The van der Waals surface area contributed by atoms with Gasteiger partial charge in [-0.05, 0) is 51.9 Å². The van der Waals surface area contributed by atoms with Crippen LogP contribution < -0.4 is 5.32 Å². The summed E-state index contributed by atoms with van der Waals surface area (Å²) in [6.07, 6.45) is 13.6. The van der Waals surface area contributed by atoms with Crippen molar-refractivity contribution in [1.82, 2.24) is 14.7 Å². The Morgan fingerprint density at radius 3 is 2.64 bits per heavy atom. The van der Waals surface area contributed by atoms with Crippen molar-refractivity contribution in [3.8, 4) is 0 Å². The van der Waals surface area contributed by atoms with Gasteiger partial charge in [0.2, 0.25) is 5.91 Å². The molecule has 0 radical (unpaired) electrons. The molecule has 0 spiro atoms. The van der Waals surface area contributed by atoms with E-state index in [9.17, 15) is 9.59 Å². The number of amides is 2. The minimum Gasteiger partial charge on any atom is -0.493 e. The summed E-state index contributed by atoms with van der Waals surface area (Å²) in [4.78, 5) is 27.9. The summed E-state index contributed by atoms with van der Waals surface area (Å²) in [5.41, 5.74) is 0. The molecule has 1 aromatic heterocycles. The van der Waals surface area contributed by atoms with Gasteiger partial charge in [-0.2, -0.15) is 5.10 Å². The van der Waals surface area contributed by atoms with Gasteiger partial charge in [0.1, 0.15) is 11.8 Å². The highest BCUT2D eigenvalue weighted by atomic mass is 16.5. The highest BCUT2D eigenvalue weighted by molar-refractivity contribution is 5.99. The predicted molar refractivity (Wildman–Crippen MR) is 125 cm³/mol. The highest BCUT2D eigenvalue weighted by Crippen LogP contribution is 2.32. The minimum absolute atomic E-state index is 0.127. The Balaban J connectivity index is 1.38. The van der Waals surface area contributed by atoms with Crippen molar-refractivity contribution in [2.24, 2.45) is 5.92 Å². The lowest BCUT2D eigenvalue weighted by molar-refractivity contribution is -0.134. The maximum atomic E-state index is 13.4. The molecule has 1 unspecified atom stereocenters. The molecule has 182 valence electrons. The molecule has 1 N–H and O–H groups in total. The first-order valence-electron chi connectivity index (χ1n) is 12.6. The lowest BCUT2D eigenvalue weighted by Crippen LogP contribution is -2.46. The van der Waals surface area contributed by atoms with Crippen molar-refractivity contribution < 1.29 is 19.1 Å². The zero-order valence-corrected chi connectivity index (χ0v) is 20.0. The van der Waals surface area contributed by atoms with Gasteiger partial charge in [-0.1, -0.05) is 25.7 Å². The van der Waals surface area contributed by atoms with Crippen molar-refractivity contribution in [2.75, 3.05) is 18.5 Å². The number of carbonyl (C=O) groups is 2. The molecule has 2 saturated carbocycles. The molecule has 4 rings (SSSR count). The molecule has 2 amide bonds. The molecule has 0 saturated heterocycles. The molecular formula is C25H38N4O4. The average molecular weight is 459 g/mol. The molecule has 2 aliphatic carbocycles. The standard InChI is InChI=1S/C25H38N4O4/c1-18(2)32-14-13-28-12-11-23(27-28)26-25(31)22(15-19-7-3-4-8-19)29-17-21(16-24(29)30)33-20-9-5-6-10-20/h11-12,16,18-20,22H,3-10,13-15,17H2,1-2H3,(H,26,27,31). The van der Waals surface area contributed by atoms with Crippen LogP contribution in [-0.4, -0.2) is 57.9 Å². The van der Waals surface area contributed by atoms with E-state index in [1.807, 2.05) is 20.0 Å². The lowest BCUT2D eigenvalue weighted by atomic mass is 9.96. The summed E-state index contributed by atoms with van der Waals surface area (Å²) in [5.74, 6) is 1.37. The first-order chi connectivity index (χ1) is 16.0. The van der Waals surface area contributed by atoms with E-state index < -0.39 is 6.04 Å². The van der Waals surface area contributed by atoms with E-state index in [1.54, 1.807) is 21.7 Å². The zero-order chi connectivity index (χ0) is 23.2. The summed E-state index contributed by atoms with van der Waals surface area (Å²) in [6.45, 7) is 5.56. The second kappa shape index (κ2) is 11.2. The summed E-state index contributed by atoms with van der Waals surface area (Å²) < 4.78 is 13.4. The van der Waals surface area contributed by atoms with E-state index in [0.717, 1.165) is 25.7 Å². The Labute approximate surface area is 196 Å². The maximum absolute atomic E-state index is 13.4. The third-order valence-electron chi connectivity index (χ3n) is 6.89. The Morgan fingerprint density at radius 2 is 1.91 bits per heavy atom. The van der Waals surface area contributed by atoms with Crippen LogP contribution in [0.25, 0.3) is 0 Å². The summed E-state index contributed by atoms with van der Waals surface area (Å²) in [6, 6.07) is 1.27. The second-order valence-electron chi connectivity index (χ2n) is 9.88. The van der Waals surface area contributed by atoms with Crippen LogP contribution in [0.4, 0.5) is 5.82 Å². The third kappa shape index (κ3) is 6.59. The van der Waals surface area contributed by atoms with E-state index in [2.05, 4.69) is 10.4 Å². The molecule has 1 aromatic rings. The fourth-order valence-electron chi connectivity index (χ4n) is 5.15. The molecule has 8 nitrogen and oxygen atoms in total. The van der Waals surface area contributed by atoms with Gasteiger partial charge in [-0.25, -0.2) is 0 Å². The molecular weight excluding hydrogens is 420 g/mol. The average Bonchev–Trinajstić information content (AvgIpc) is 3.56. The zero-order valence-electron chi connectivity index (χ0n) is 20.0. The topological polar surface area (TPSA) is 85.7 Å². The Morgan fingerprint density at radius 1 is 1.18 bits per heavy atom. The molecule has 1 atom stereocenters. The molecule has 3 aliphatic rings. The molecule has 2 heterocycles. The van der Waals surface area contributed by atoms with Gasteiger partial charge in [0.15, 0.2) is 5.82 Å². The predicted octanol–water partition coefficient (Wildman–Crippen LogP) is 3.88. The second-order valence-corrected chi connectivity index (χ2v) is 9.88. The molecule has 8 heteroatoms. The van der Waals surface area contributed by atoms with E-state index in [4.69, 9.17) is 9.47 Å². The summed E-state index contributed by atoms with van der Waals surface area (Å²) in [7, 11) is 0. The van der Waals surface area contributed by atoms with Crippen molar-refractivity contribution in [3.05, 3.63) is 24.1 Å². The van der Waals surface area contributed by atoms with Crippen molar-refractivity contribution in [3.63, 3.8) is 0 Å². The van der Waals surface area contributed by atoms with Crippen LogP contribution >= 0.6 is 0 Å². The van der Waals surface area contributed by atoms with Crippen molar-refractivity contribution in [1.29, 1.82) is 0 Å². The minimum atomic E-state index is -0.518. The smallest absolute Gasteiger partial charge is 0.251 e. The number of carbonyl (C=O) groups excluding carboxylic acids is 2. The van der Waals surface area contributed by atoms with Crippen LogP contribution in [0.3, 0.4) is 0 Å². The normalized spacial score (nSPS) is 20.6. The SMILES string of the molecule is CC(C)OCCn1ccc(NC(=O)C(CC2CCCC2)N2CC(OC3CCCC3)=CC2=O)n1. The van der Waals surface area contributed by atoms with Gasteiger partial charge in [0.05, 0.1) is 31.9 Å². The van der Waals surface area contributed by atoms with E-state index in [0.29, 0.717) is 43.6 Å². The van der Waals surface area contributed by atoms with Crippen LogP contribution in [0.1, 0.15) is 71.6 Å².